The number of amides is 1. The van der Waals surface area contributed by atoms with Gasteiger partial charge in [0.2, 0.25) is 0 Å². The van der Waals surface area contributed by atoms with Crippen LogP contribution in [0.2, 0.25) is 0 Å². The van der Waals surface area contributed by atoms with Gasteiger partial charge < -0.3 is 14.7 Å². The second-order valence-corrected chi connectivity index (χ2v) is 5.56. The van der Waals surface area contributed by atoms with Crippen LogP contribution in [0.3, 0.4) is 0 Å². The van der Waals surface area contributed by atoms with E-state index in [1.54, 1.807) is 0 Å². The maximum absolute atomic E-state index is 12.4. The van der Waals surface area contributed by atoms with E-state index in [4.69, 9.17) is 4.74 Å². The zero-order chi connectivity index (χ0) is 15.8. The predicted octanol–water partition coefficient (Wildman–Crippen LogP) is 1.45. The number of carbonyl (C=O) groups is 1. The summed E-state index contributed by atoms with van der Waals surface area (Å²) in [6.07, 6.45) is 0. The van der Waals surface area contributed by atoms with E-state index < -0.39 is 10.5 Å². The number of methoxy groups -OCH3 is 1. The number of non-ortho nitro benzene ring substituents is 1. The van der Waals surface area contributed by atoms with Gasteiger partial charge in [0.25, 0.3) is 11.6 Å². The van der Waals surface area contributed by atoms with E-state index in [0.29, 0.717) is 0 Å². The average Bonchev–Trinajstić information content (AvgIpc) is 2.41. The number of hydrogen-bond donors (Lipinski definition) is 1. The lowest BCUT2D eigenvalue weighted by Gasteiger charge is -2.49. The first-order valence-electron chi connectivity index (χ1n) is 6.62. The molecule has 7 nitrogen and oxygen atoms in total. The van der Waals surface area contributed by atoms with Gasteiger partial charge in [-0.3, -0.25) is 14.9 Å². The van der Waals surface area contributed by atoms with Crippen molar-refractivity contribution in [2.45, 2.75) is 19.4 Å². The molecule has 1 saturated heterocycles. The molecule has 7 heteroatoms. The maximum Gasteiger partial charge on any atom is 0.270 e. The molecule has 0 atom stereocenters. The summed E-state index contributed by atoms with van der Waals surface area (Å²) < 4.78 is 5.09. The second-order valence-electron chi connectivity index (χ2n) is 5.56. The van der Waals surface area contributed by atoms with E-state index in [0.717, 1.165) is 0 Å². The molecule has 21 heavy (non-hydrogen) atoms. The van der Waals surface area contributed by atoms with Crippen LogP contribution >= 0.6 is 0 Å². The van der Waals surface area contributed by atoms with Crippen molar-refractivity contribution in [2.75, 3.05) is 20.2 Å². The summed E-state index contributed by atoms with van der Waals surface area (Å²) in [7, 11) is 1.40. The second kappa shape index (κ2) is 5.33. The Kier molecular flexibility index (Phi) is 3.87. The van der Waals surface area contributed by atoms with Crippen molar-refractivity contribution < 1.29 is 19.6 Å². The van der Waals surface area contributed by atoms with Gasteiger partial charge in [-0.25, -0.2) is 0 Å². The fraction of sp³-hybridized carbons (Fsp3) is 0.500. The predicted molar refractivity (Wildman–Crippen MR) is 75.3 cm³/mol. The molecule has 1 amide bonds. The van der Waals surface area contributed by atoms with Crippen LogP contribution in [0.5, 0.6) is 5.75 Å². The monoisotopic (exact) mass is 294 g/mol. The third-order valence-electron chi connectivity index (χ3n) is 3.92. The summed E-state index contributed by atoms with van der Waals surface area (Å²) in [6, 6.07) is 3.89. The SMILES string of the molecule is COc1ccc([N+](=O)[O-])cc1C(=O)N1CC(O)(C(C)C)C1. The summed E-state index contributed by atoms with van der Waals surface area (Å²) in [6.45, 7) is 4.20. The van der Waals surface area contributed by atoms with Crippen LogP contribution < -0.4 is 4.74 Å². The Morgan fingerprint density at radius 2 is 2.10 bits per heavy atom. The van der Waals surface area contributed by atoms with Crippen LogP contribution in [-0.2, 0) is 0 Å². The first-order valence-corrected chi connectivity index (χ1v) is 6.62. The van der Waals surface area contributed by atoms with Gasteiger partial charge in [-0.1, -0.05) is 13.8 Å². The van der Waals surface area contributed by atoms with Gasteiger partial charge in [0.15, 0.2) is 0 Å². The summed E-state index contributed by atoms with van der Waals surface area (Å²) in [5.74, 6) is -0.0555. The average molecular weight is 294 g/mol. The summed E-state index contributed by atoms with van der Waals surface area (Å²) in [4.78, 5) is 24.1. The highest BCUT2D eigenvalue weighted by atomic mass is 16.6. The maximum atomic E-state index is 12.4. The van der Waals surface area contributed by atoms with Crippen molar-refractivity contribution in [1.82, 2.24) is 4.90 Å². The first-order chi connectivity index (χ1) is 9.78. The Balaban J connectivity index is 2.24. The lowest BCUT2D eigenvalue weighted by Crippen LogP contribution is -2.65. The van der Waals surface area contributed by atoms with Crippen LogP contribution in [0.4, 0.5) is 5.69 Å². The lowest BCUT2D eigenvalue weighted by atomic mass is 9.82. The van der Waals surface area contributed by atoms with Crippen molar-refractivity contribution >= 4 is 11.6 Å². The Bertz CT molecular complexity index is 579. The zero-order valence-corrected chi connectivity index (χ0v) is 12.2. The lowest BCUT2D eigenvalue weighted by molar-refractivity contribution is -0.384. The molecule has 1 aromatic rings. The molecule has 0 unspecified atom stereocenters. The van der Waals surface area contributed by atoms with Crippen LogP contribution in [0.15, 0.2) is 18.2 Å². The molecule has 1 aliphatic heterocycles. The third kappa shape index (κ3) is 2.69. The minimum atomic E-state index is -0.885. The standard InChI is InChI=1S/C14H18N2O5/c1-9(2)14(18)7-15(8-14)13(17)11-6-10(16(19)20)4-5-12(11)21-3/h4-6,9,18H,7-8H2,1-3H3. The highest BCUT2D eigenvalue weighted by Crippen LogP contribution is 2.32. The number of benzene rings is 1. The molecule has 114 valence electrons. The molecule has 0 bridgehead atoms. The number of β-amino-alcohol motifs (C(OH)–C–C–N with tert-alkyl or cyclic N) is 1. The van der Waals surface area contributed by atoms with Crippen LogP contribution in [0, 0.1) is 16.0 Å². The highest BCUT2D eigenvalue weighted by molar-refractivity contribution is 5.98. The minimum Gasteiger partial charge on any atom is -0.496 e. The van der Waals surface area contributed by atoms with E-state index in [1.807, 2.05) is 13.8 Å². The smallest absolute Gasteiger partial charge is 0.270 e. The number of nitro groups is 1. The Morgan fingerprint density at radius 3 is 2.57 bits per heavy atom. The quantitative estimate of drug-likeness (QED) is 0.670. The van der Waals surface area contributed by atoms with Gasteiger partial charge in [0.1, 0.15) is 11.4 Å². The van der Waals surface area contributed by atoms with Crippen LogP contribution in [-0.4, -0.2) is 46.6 Å². The van der Waals surface area contributed by atoms with Gasteiger partial charge in [-0.2, -0.15) is 0 Å². The van der Waals surface area contributed by atoms with Gasteiger partial charge >= 0.3 is 0 Å². The summed E-state index contributed by atoms with van der Waals surface area (Å²) >= 11 is 0. The highest BCUT2D eigenvalue weighted by Gasteiger charge is 2.46. The molecule has 0 saturated carbocycles. The van der Waals surface area contributed by atoms with E-state index in [9.17, 15) is 20.0 Å². The topological polar surface area (TPSA) is 92.9 Å². The zero-order valence-electron chi connectivity index (χ0n) is 12.2. The molecule has 1 N–H and O–H groups in total. The Hall–Kier alpha value is -2.15. The molecule has 0 aromatic heterocycles. The molecule has 0 spiro atoms. The van der Waals surface area contributed by atoms with Gasteiger partial charge in [0.05, 0.1) is 30.7 Å². The fourth-order valence-electron chi connectivity index (χ4n) is 2.27. The molecule has 1 aliphatic rings. The number of hydrogen-bond acceptors (Lipinski definition) is 5. The van der Waals surface area contributed by atoms with E-state index in [1.165, 1.54) is 30.2 Å². The third-order valence-corrected chi connectivity index (χ3v) is 3.92. The molecule has 1 aromatic carbocycles. The molecule has 0 radical (unpaired) electrons. The number of ether oxygens (including phenoxy) is 1. The Morgan fingerprint density at radius 1 is 1.48 bits per heavy atom. The number of aliphatic hydroxyl groups is 1. The largest absolute Gasteiger partial charge is 0.496 e. The van der Waals surface area contributed by atoms with Crippen molar-refractivity contribution in [3.63, 3.8) is 0 Å². The summed E-state index contributed by atoms with van der Waals surface area (Å²) in [5, 5.41) is 21.0. The van der Waals surface area contributed by atoms with Crippen molar-refractivity contribution in [3.05, 3.63) is 33.9 Å². The molecular weight excluding hydrogens is 276 g/mol. The Labute approximate surface area is 122 Å². The van der Waals surface area contributed by atoms with Crippen molar-refractivity contribution in [1.29, 1.82) is 0 Å². The number of carbonyl (C=O) groups excluding carboxylic acids is 1. The molecule has 0 aliphatic carbocycles. The molecule has 1 fully saturated rings. The fourth-order valence-corrected chi connectivity index (χ4v) is 2.27. The van der Waals surface area contributed by atoms with Crippen LogP contribution in [0.1, 0.15) is 24.2 Å². The number of rotatable bonds is 4. The molecular formula is C14H18N2O5. The van der Waals surface area contributed by atoms with Crippen molar-refractivity contribution in [3.8, 4) is 5.75 Å². The van der Waals surface area contributed by atoms with E-state index in [-0.39, 0.29) is 41.9 Å². The van der Waals surface area contributed by atoms with Gasteiger partial charge in [-0.05, 0) is 12.0 Å². The summed E-state index contributed by atoms with van der Waals surface area (Å²) in [5.41, 5.74) is -0.917. The van der Waals surface area contributed by atoms with E-state index >= 15 is 0 Å². The number of nitrogens with zero attached hydrogens (tertiary/aromatic N) is 2. The van der Waals surface area contributed by atoms with Crippen LogP contribution in [0.25, 0.3) is 0 Å². The minimum absolute atomic E-state index is 0.0357. The molecule has 2 rings (SSSR count). The number of nitro benzene ring substituents is 1. The van der Waals surface area contributed by atoms with Crippen molar-refractivity contribution in [2.24, 2.45) is 5.92 Å². The normalized spacial score (nSPS) is 16.5. The first kappa shape index (κ1) is 15.2. The van der Waals surface area contributed by atoms with E-state index in [2.05, 4.69) is 0 Å². The van der Waals surface area contributed by atoms with Gasteiger partial charge in [-0.15, -0.1) is 0 Å². The number of likely N-dealkylation sites (tertiary alicyclic amines) is 1. The van der Waals surface area contributed by atoms with Gasteiger partial charge in [0, 0.05) is 12.1 Å². The molecule has 1 heterocycles.